The summed E-state index contributed by atoms with van der Waals surface area (Å²) in [6.07, 6.45) is 20.5. The molecule has 0 heterocycles. The van der Waals surface area contributed by atoms with Crippen LogP contribution in [-0.4, -0.2) is 22.0 Å². The highest BCUT2D eigenvalue weighted by Crippen LogP contribution is 2.09. The summed E-state index contributed by atoms with van der Waals surface area (Å²) in [6, 6.07) is -1.45. The predicted octanol–water partition coefficient (Wildman–Crippen LogP) is 4.92. The molecule has 0 rings (SSSR count). The van der Waals surface area contributed by atoms with Crippen LogP contribution in [0.5, 0.6) is 0 Å². The monoisotopic (exact) mass is 323 g/mol. The van der Waals surface area contributed by atoms with Crippen molar-refractivity contribution in [3.8, 4) is 0 Å². The highest BCUT2D eigenvalue weighted by molar-refractivity contribution is 5.71. The van der Waals surface area contributed by atoms with E-state index in [0.717, 1.165) is 32.1 Å². The summed E-state index contributed by atoms with van der Waals surface area (Å²) in [6.45, 7) is 2.18. The van der Waals surface area contributed by atoms with Crippen LogP contribution in [0.15, 0.2) is 36.5 Å². The van der Waals surface area contributed by atoms with Crippen LogP contribution in [0.2, 0.25) is 0 Å². The number of aliphatic carboxylic acids is 1. The van der Waals surface area contributed by atoms with E-state index in [2.05, 4.69) is 25.2 Å². The number of carbonyl (C=O) groups is 1. The second-order valence-corrected chi connectivity index (χ2v) is 5.51. The topological polar surface area (TPSA) is 80.4 Å². The van der Waals surface area contributed by atoms with Gasteiger partial charge >= 0.3 is 12.0 Å². The molecule has 0 spiro atoms. The van der Waals surface area contributed by atoms with E-state index in [4.69, 9.17) is 5.11 Å². The molecule has 0 bridgehead atoms. The third-order valence-corrected chi connectivity index (χ3v) is 3.47. The lowest BCUT2D eigenvalue weighted by molar-refractivity contribution is -0.511. The Bertz CT molecular complexity index is 399. The molecule has 0 aliphatic rings. The molecule has 130 valence electrons. The van der Waals surface area contributed by atoms with Gasteiger partial charge in [-0.25, -0.2) is 4.79 Å². The van der Waals surface area contributed by atoms with Crippen LogP contribution in [0.1, 0.15) is 64.7 Å². The molecule has 0 fully saturated rings. The number of unbranched alkanes of at least 4 members (excludes halogenated alkanes) is 6. The molecule has 5 nitrogen and oxygen atoms in total. The van der Waals surface area contributed by atoms with E-state index in [1.54, 1.807) is 0 Å². The first kappa shape index (κ1) is 21.1. The van der Waals surface area contributed by atoms with Crippen molar-refractivity contribution in [3.63, 3.8) is 0 Å². The number of nitrogens with zero attached hydrogens (tertiary/aromatic N) is 1. The fraction of sp³-hybridized carbons (Fsp3) is 0.611. The van der Waals surface area contributed by atoms with Gasteiger partial charge in [-0.3, -0.25) is 10.1 Å². The summed E-state index contributed by atoms with van der Waals surface area (Å²) in [7, 11) is 0. The first-order valence-corrected chi connectivity index (χ1v) is 8.44. The number of nitro groups is 1. The first-order chi connectivity index (χ1) is 11.1. The molecule has 0 saturated heterocycles. The predicted molar refractivity (Wildman–Crippen MR) is 93.1 cm³/mol. The molecule has 1 unspecified atom stereocenters. The van der Waals surface area contributed by atoms with Crippen molar-refractivity contribution in [2.24, 2.45) is 0 Å². The van der Waals surface area contributed by atoms with Gasteiger partial charge in [0.05, 0.1) is 0 Å². The average Bonchev–Trinajstić information content (AvgIpc) is 2.50. The van der Waals surface area contributed by atoms with Crippen molar-refractivity contribution in [1.82, 2.24) is 0 Å². The van der Waals surface area contributed by atoms with Gasteiger partial charge in [-0.2, -0.15) is 0 Å². The zero-order valence-electron chi connectivity index (χ0n) is 14.0. The van der Waals surface area contributed by atoms with Crippen molar-refractivity contribution >= 4 is 5.97 Å². The SMILES string of the molecule is CCCC\C=C/C=C/C=C\CCCCCCC(C(=O)O)[N+](=O)[O-]. The number of carboxylic acid groups (broad SMARTS) is 1. The molecule has 0 saturated carbocycles. The second-order valence-electron chi connectivity index (χ2n) is 5.51. The van der Waals surface area contributed by atoms with Crippen molar-refractivity contribution in [2.45, 2.75) is 70.8 Å². The van der Waals surface area contributed by atoms with E-state index >= 15 is 0 Å². The zero-order valence-corrected chi connectivity index (χ0v) is 14.0. The Labute approximate surface area is 138 Å². The summed E-state index contributed by atoms with van der Waals surface area (Å²) >= 11 is 0. The average molecular weight is 323 g/mol. The Morgan fingerprint density at radius 2 is 1.57 bits per heavy atom. The summed E-state index contributed by atoms with van der Waals surface area (Å²) < 4.78 is 0. The van der Waals surface area contributed by atoms with Gasteiger partial charge in [0.15, 0.2) is 0 Å². The molecule has 0 amide bonds. The van der Waals surface area contributed by atoms with Crippen molar-refractivity contribution in [2.75, 3.05) is 0 Å². The maximum atomic E-state index is 10.6. The van der Waals surface area contributed by atoms with Crippen molar-refractivity contribution in [1.29, 1.82) is 0 Å². The Balaban J connectivity index is 3.57. The third-order valence-electron chi connectivity index (χ3n) is 3.47. The number of allylic oxidation sites excluding steroid dienone is 6. The number of hydrogen-bond donors (Lipinski definition) is 1. The van der Waals surface area contributed by atoms with Crippen LogP contribution in [0.4, 0.5) is 0 Å². The fourth-order valence-electron chi connectivity index (χ4n) is 2.07. The molecule has 23 heavy (non-hydrogen) atoms. The number of hydrogen-bond acceptors (Lipinski definition) is 3. The third kappa shape index (κ3) is 13.5. The minimum absolute atomic E-state index is 0.116. The van der Waals surface area contributed by atoms with Crippen LogP contribution in [0.25, 0.3) is 0 Å². The van der Waals surface area contributed by atoms with Gasteiger partial charge in [0.1, 0.15) is 0 Å². The van der Waals surface area contributed by atoms with E-state index in [0.29, 0.717) is 6.42 Å². The lowest BCUT2D eigenvalue weighted by atomic mass is 10.1. The molecule has 0 aromatic rings. The summed E-state index contributed by atoms with van der Waals surface area (Å²) in [5.74, 6) is -1.34. The molecule has 0 aromatic heterocycles. The van der Waals surface area contributed by atoms with Gasteiger partial charge in [0.25, 0.3) is 0 Å². The first-order valence-electron chi connectivity index (χ1n) is 8.44. The van der Waals surface area contributed by atoms with Crippen molar-refractivity contribution < 1.29 is 14.8 Å². The van der Waals surface area contributed by atoms with Gasteiger partial charge in [-0.1, -0.05) is 69.1 Å². The van der Waals surface area contributed by atoms with E-state index in [1.807, 2.05) is 18.2 Å². The van der Waals surface area contributed by atoms with Crippen LogP contribution in [0.3, 0.4) is 0 Å². The van der Waals surface area contributed by atoms with E-state index in [9.17, 15) is 14.9 Å². The number of rotatable bonds is 14. The molecular formula is C18H29NO4. The Kier molecular flexibility index (Phi) is 13.8. The zero-order chi connectivity index (χ0) is 17.3. The maximum Gasteiger partial charge on any atom is 0.379 e. The normalized spacial score (nSPS) is 13.3. The highest BCUT2D eigenvalue weighted by atomic mass is 16.6. The highest BCUT2D eigenvalue weighted by Gasteiger charge is 2.27. The van der Waals surface area contributed by atoms with E-state index < -0.39 is 16.9 Å². The van der Waals surface area contributed by atoms with E-state index in [-0.39, 0.29) is 6.42 Å². The Hall–Kier alpha value is -1.91. The van der Waals surface area contributed by atoms with Crippen molar-refractivity contribution in [3.05, 3.63) is 46.6 Å². The summed E-state index contributed by atoms with van der Waals surface area (Å²) in [5, 5.41) is 19.2. The molecule has 0 aliphatic carbocycles. The summed E-state index contributed by atoms with van der Waals surface area (Å²) in [4.78, 5) is 20.4. The lowest BCUT2D eigenvalue weighted by Gasteiger charge is -2.04. The minimum Gasteiger partial charge on any atom is -0.476 e. The summed E-state index contributed by atoms with van der Waals surface area (Å²) in [5.41, 5.74) is 0. The van der Waals surface area contributed by atoms with Crippen LogP contribution in [-0.2, 0) is 4.79 Å². The maximum absolute atomic E-state index is 10.6. The van der Waals surface area contributed by atoms with E-state index in [1.165, 1.54) is 12.8 Å². The molecule has 5 heteroatoms. The van der Waals surface area contributed by atoms with Crippen LogP contribution in [0, 0.1) is 10.1 Å². The molecule has 0 aromatic carbocycles. The minimum atomic E-state index is -1.45. The van der Waals surface area contributed by atoms with Crippen LogP contribution >= 0.6 is 0 Å². The second kappa shape index (κ2) is 15.0. The lowest BCUT2D eigenvalue weighted by Crippen LogP contribution is -2.28. The Morgan fingerprint density at radius 3 is 2.09 bits per heavy atom. The van der Waals surface area contributed by atoms with Gasteiger partial charge in [-0.05, 0) is 25.7 Å². The van der Waals surface area contributed by atoms with Gasteiger partial charge in [0, 0.05) is 11.3 Å². The fourth-order valence-corrected chi connectivity index (χ4v) is 2.07. The molecule has 0 radical (unpaired) electrons. The number of carboxylic acids is 1. The Morgan fingerprint density at radius 1 is 1.00 bits per heavy atom. The quantitative estimate of drug-likeness (QED) is 0.213. The van der Waals surface area contributed by atoms with Crippen LogP contribution < -0.4 is 0 Å². The van der Waals surface area contributed by atoms with Gasteiger partial charge in [0.2, 0.25) is 0 Å². The largest absolute Gasteiger partial charge is 0.476 e. The van der Waals surface area contributed by atoms with Gasteiger partial charge < -0.3 is 5.11 Å². The molecular weight excluding hydrogens is 294 g/mol. The molecule has 1 N–H and O–H groups in total. The smallest absolute Gasteiger partial charge is 0.379 e. The molecule has 1 atom stereocenters. The standard InChI is InChI=1S/C18H29NO4/c1-2-3-4-5-6-7-8-9-10-11-12-13-14-15-16-17(18(20)21)19(22)23/h5-10,17H,2-4,11-16H2,1H3,(H,20,21)/b6-5-,8-7+,10-9-. The van der Waals surface area contributed by atoms with Gasteiger partial charge in [-0.15, -0.1) is 0 Å². The molecule has 0 aliphatic heterocycles.